The lowest BCUT2D eigenvalue weighted by atomic mass is 9.98. The van der Waals surface area contributed by atoms with E-state index in [9.17, 15) is 0 Å². The van der Waals surface area contributed by atoms with E-state index >= 15 is 0 Å². The number of allylic oxidation sites excluding steroid dienone is 1. The first-order valence-corrected chi connectivity index (χ1v) is 18.2. The second-order valence-electron chi connectivity index (χ2n) is 13.4. The molecule has 1 aliphatic heterocycles. The number of likely N-dealkylation sites (N-methyl/N-ethyl adjacent to an activating group) is 1. The Kier molecular flexibility index (Phi) is 16.3. The molecular weight excluding hydrogens is 625 g/mol. The number of rotatable bonds is 11. The summed E-state index contributed by atoms with van der Waals surface area (Å²) in [6, 6.07) is 13.0. The zero-order chi connectivity index (χ0) is 34.5. The summed E-state index contributed by atoms with van der Waals surface area (Å²) in [7, 11) is 4.26. The van der Waals surface area contributed by atoms with E-state index in [0.717, 1.165) is 58.8 Å². The lowest BCUT2D eigenvalue weighted by molar-refractivity contribution is 0.00341. The second-order valence-corrected chi connectivity index (χ2v) is 14.2. The number of aromatic nitrogens is 1. The fraction of sp³-hybridized carbons (Fsp3) is 0.538. The molecule has 0 amide bonds. The number of likely N-dealkylation sites (tertiary alicyclic amines) is 1. The number of hydrogen-bond donors (Lipinski definition) is 3. The third kappa shape index (κ3) is 11.7. The van der Waals surface area contributed by atoms with Gasteiger partial charge in [0, 0.05) is 65.1 Å². The van der Waals surface area contributed by atoms with Crippen LogP contribution >= 0.6 is 23.2 Å². The van der Waals surface area contributed by atoms with Crippen molar-refractivity contribution in [3.63, 3.8) is 0 Å². The number of halogens is 2. The number of benzene rings is 2. The van der Waals surface area contributed by atoms with Gasteiger partial charge in [0.2, 0.25) is 0 Å². The lowest BCUT2D eigenvalue weighted by Crippen LogP contribution is -2.40. The van der Waals surface area contributed by atoms with Gasteiger partial charge in [0.1, 0.15) is 0 Å². The predicted octanol–water partition coefficient (Wildman–Crippen LogP) is 9.43. The van der Waals surface area contributed by atoms with Gasteiger partial charge in [-0.3, -0.25) is 0 Å². The van der Waals surface area contributed by atoms with Gasteiger partial charge in [0.05, 0.1) is 23.4 Å². The van der Waals surface area contributed by atoms with Gasteiger partial charge in [-0.15, -0.1) is 6.58 Å². The van der Waals surface area contributed by atoms with Crippen LogP contribution in [0.4, 0.5) is 5.69 Å². The quantitative estimate of drug-likeness (QED) is 0.175. The molecule has 0 bridgehead atoms. The summed E-state index contributed by atoms with van der Waals surface area (Å²) >= 11 is 12.7. The van der Waals surface area contributed by atoms with Crippen LogP contribution in [0.1, 0.15) is 83.3 Å². The highest BCUT2D eigenvalue weighted by Gasteiger charge is 2.27. The van der Waals surface area contributed by atoms with Gasteiger partial charge in [-0.2, -0.15) is 0 Å². The van der Waals surface area contributed by atoms with Crippen molar-refractivity contribution in [1.29, 1.82) is 0 Å². The minimum absolute atomic E-state index is 0.194. The largest absolute Gasteiger partial charge is 0.377 e. The number of ether oxygens (including phenoxy) is 1. The highest BCUT2D eigenvalue weighted by molar-refractivity contribution is 6.36. The van der Waals surface area contributed by atoms with Gasteiger partial charge in [-0.05, 0) is 75.3 Å². The number of fused-ring (bicyclic) bond motifs is 1. The van der Waals surface area contributed by atoms with Crippen molar-refractivity contribution in [2.24, 2.45) is 24.4 Å². The molecule has 5 N–H and O–H groups in total. The number of anilines is 1. The van der Waals surface area contributed by atoms with E-state index in [1.54, 1.807) is 6.08 Å². The van der Waals surface area contributed by atoms with E-state index < -0.39 is 0 Å². The third-order valence-electron chi connectivity index (χ3n) is 9.47. The molecule has 2 aliphatic rings. The van der Waals surface area contributed by atoms with Crippen molar-refractivity contribution in [2.45, 2.75) is 103 Å². The molecule has 260 valence electrons. The average Bonchev–Trinajstić information content (AvgIpc) is 3.59. The van der Waals surface area contributed by atoms with Crippen molar-refractivity contribution in [3.05, 3.63) is 83.0 Å². The zero-order valence-corrected chi connectivity index (χ0v) is 30.9. The van der Waals surface area contributed by atoms with Crippen molar-refractivity contribution >= 4 is 45.5 Å². The fourth-order valence-electron chi connectivity index (χ4n) is 6.45. The van der Waals surface area contributed by atoms with Gasteiger partial charge < -0.3 is 31.0 Å². The monoisotopic (exact) mass is 683 g/mol. The Hall–Kier alpha value is -2.32. The minimum Gasteiger partial charge on any atom is -0.377 e. The number of nitrogens with zero attached hydrogens (tertiary/aromatic N) is 2. The smallest absolute Gasteiger partial charge is 0.0644 e. The van der Waals surface area contributed by atoms with Crippen LogP contribution in [0.3, 0.4) is 0 Å². The Bertz CT molecular complexity index is 1410. The molecule has 3 unspecified atom stereocenters. The van der Waals surface area contributed by atoms with Crippen molar-refractivity contribution < 1.29 is 4.74 Å². The molecule has 2 aromatic carbocycles. The van der Waals surface area contributed by atoms with Gasteiger partial charge in [0.25, 0.3) is 0 Å². The average molecular weight is 685 g/mol. The lowest BCUT2D eigenvalue weighted by Gasteiger charge is -2.26. The number of nitrogens with two attached hydrogens (primary N) is 2. The van der Waals surface area contributed by atoms with E-state index in [2.05, 4.69) is 74.1 Å². The first-order chi connectivity index (χ1) is 22.5. The van der Waals surface area contributed by atoms with Crippen LogP contribution < -0.4 is 16.8 Å². The van der Waals surface area contributed by atoms with E-state index in [4.69, 9.17) is 39.4 Å². The molecular formula is C39H59Cl2N5O. The molecule has 47 heavy (non-hydrogen) atoms. The highest BCUT2D eigenvalue weighted by Crippen LogP contribution is 2.33. The standard InChI is InChI=1S/C20H18Cl2N2.C13H25NO.C6H16N2/c1-4-7-14-10-18(22)19(11-17(14)21)23-13(2)16-12-24(3)20-9-6-5-8-15(16)20;1-11-8-12(14(2)9-11)10-15-13-6-4-3-5-7-13;1-3-5(7)6(8)4-2/h4-6,8-12,23H,1-2,7H2,3H3;11-13H,3-10H2,1-2H3;5-6H,3-4,7-8H2,1-2H3/t;;5-,6?/m..0/s1. The number of aryl methyl sites for hydroxylation is 1. The number of hydrogen-bond acceptors (Lipinski definition) is 5. The van der Waals surface area contributed by atoms with Crippen LogP contribution in [-0.2, 0) is 18.2 Å². The second kappa shape index (κ2) is 19.6. The first kappa shape index (κ1) is 39.1. The molecule has 0 spiro atoms. The molecule has 3 aromatic rings. The van der Waals surface area contributed by atoms with Crippen LogP contribution in [0.5, 0.6) is 0 Å². The summed E-state index contributed by atoms with van der Waals surface area (Å²) < 4.78 is 8.13. The maximum atomic E-state index is 6.39. The number of nitrogens with one attached hydrogen (secondary N) is 1. The number of para-hydroxylation sites is 1. The summed E-state index contributed by atoms with van der Waals surface area (Å²) in [5, 5.41) is 5.70. The van der Waals surface area contributed by atoms with Gasteiger partial charge >= 0.3 is 0 Å². The molecule has 1 saturated carbocycles. The van der Waals surface area contributed by atoms with Gasteiger partial charge in [-0.25, -0.2) is 0 Å². The summed E-state index contributed by atoms with van der Waals surface area (Å²) in [5.41, 5.74) is 15.9. The summed E-state index contributed by atoms with van der Waals surface area (Å²) in [4.78, 5) is 2.47. The molecule has 1 aromatic heterocycles. The molecule has 2 heterocycles. The maximum Gasteiger partial charge on any atom is 0.0644 e. The highest BCUT2D eigenvalue weighted by atomic mass is 35.5. The molecule has 1 saturated heterocycles. The van der Waals surface area contributed by atoms with E-state index in [0.29, 0.717) is 28.6 Å². The SMILES string of the molecule is C=CCc1cc(Cl)c(NC(=C)c2cn(C)c3ccccc23)cc1Cl.CC1CC(COC2CCCCC2)N(C)C1.CCC(N)[C@@H](N)CC. The summed E-state index contributed by atoms with van der Waals surface area (Å²) in [6.45, 7) is 16.6. The molecule has 0 radical (unpaired) electrons. The molecule has 6 nitrogen and oxygen atoms in total. The Balaban J connectivity index is 0.000000222. The minimum atomic E-state index is 0.194. The van der Waals surface area contributed by atoms with Crippen LogP contribution in [0.25, 0.3) is 16.6 Å². The molecule has 5 rings (SSSR count). The van der Waals surface area contributed by atoms with Crippen molar-refractivity contribution in [1.82, 2.24) is 9.47 Å². The van der Waals surface area contributed by atoms with E-state index in [1.165, 1.54) is 45.1 Å². The third-order valence-corrected chi connectivity index (χ3v) is 10.1. The Morgan fingerprint density at radius 1 is 1.04 bits per heavy atom. The molecule has 4 atom stereocenters. The van der Waals surface area contributed by atoms with Crippen molar-refractivity contribution in [2.75, 3.05) is 25.5 Å². The summed E-state index contributed by atoms with van der Waals surface area (Å²) in [6.07, 6.45) is 15.2. The molecule has 1 aliphatic carbocycles. The van der Waals surface area contributed by atoms with Crippen LogP contribution in [0.2, 0.25) is 10.0 Å². The normalized spacial score (nSPS) is 19.7. The Labute approximate surface area is 294 Å². The zero-order valence-electron chi connectivity index (χ0n) is 29.4. The van der Waals surface area contributed by atoms with E-state index in [1.807, 2.05) is 31.3 Å². The summed E-state index contributed by atoms with van der Waals surface area (Å²) in [5.74, 6) is 0.856. The van der Waals surface area contributed by atoms with Gasteiger partial charge in [0.15, 0.2) is 0 Å². The Morgan fingerprint density at radius 2 is 1.70 bits per heavy atom. The van der Waals surface area contributed by atoms with E-state index in [-0.39, 0.29) is 12.1 Å². The van der Waals surface area contributed by atoms with Crippen LogP contribution in [0, 0.1) is 5.92 Å². The van der Waals surface area contributed by atoms with Crippen molar-refractivity contribution in [3.8, 4) is 0 Å². The first-order valence-electron chi connectivity index (χ1n) is 17.4. The topological polar surface area (TPSA) is 81.5 Å². The van der Waals surface area contributed by atoms with Gasteiger partial charge in [-0.1, -0.05) is 94.1 Å². The molecule has 8 heteroatoms. The Morgan fingerprint density at radius 3 is 2.30 bits per heavy atom. The van der Waals surface area contributed by atoms with Crippen LogP contribution in [-0.4, -0.2) is 53.9 Å². The maximum absolute atomic E-state index is 6.39. The molecule has 2 fully saturated rings. The fourth-order valence-corrected chi connectivity index (χ4v) is 6.92. The predicted molar refractivity (Wildman–Crippen MR) is 205 cm³/mol. The van der Waals surface area contributed by atoms with Crippen LogP contribution in [0.15, 0.2) is 61.8 Å².